The Morgan fingerprint density at radius 1 is 1.48 bits per heavy atom. The Hall–Kier alpha value is -1.46. The van der Waals surface area contributed by atoms with Gasteiger partial charge in [-0.05, 0) is 44.5 Å². The second-order valence-electron chi connectivity index (χ2n) is 6.34. The molecule has 1 fully saturated rings. The van der Waals surface area contributed by atoms with Gasteiger partial charge in [0.15, 0.2) is 0 Å². The minimum absolute atomic E-state index is 0.197. The highest BCUT2D eigenvalue weighted by Gasteiger charge is 2.39. The van der Waals surface area contributed by atoms with Crippen LogP contribution in [0.3, 0.4) is 0 Å². The van der Waals surface area contributed by atoms with Gasteiger partial charge in [0.1, 0.15) is 0 Å². The molecule has 0 spiro atoms. The molecule has 2 rings (SSSR count). The Kier molecular flexibility index (Phi) is 5.11. The smallest absolute Gasteiger partial charge is 0.243 e. The van der Waals surface area contributed by atoms with E-state index in [1.165, 1.54) is 10.4 Å². The number of morpholine rings is 1. The highest BCUT2D eigenvalue weighted by Crippen LogP contribution is 2.27. The minimum Gasteiger partial charge on any atom is -0.382 e. The molecule has 7 heteroatoms. The third-order valence-electron chi connectivity index (χ3n) is 3.76. The highest BCUT2D eigenvalue weighted by molar-refractivity contribution is 7.89. The monoisotopic (exact) mass is 338 g/mol. The average molecular weight is 338 g/mol. The molecule has 1 heterocycles. The molecule has 1 atom stereocenters. The second-order valence-corrected chi connectivity index (χ2v) is 8.28. The lowest BCUT2D eigenvalue weighted by Crippen LogP contribution is -2.55. The van der Waals surface area contributed by atoms with Crippen LogP contribution >= 0.6 is 0 Å². The first-order chi connectivity index (χ1) is 10.7. The molecule has 1 aromatic carbocycles. The number of benzene rings is 1. The molecule has 0 unspecified atom stereocenters. The van der Waals surface area contributed by atoms with Gasteiger partial charge in [-0.3, -0.25) is 0 Å². The van der Waals surface area contributed by atoms with Gasteiger partial charge in [0.25, 0.3) is 0 Å². The molecule has 1 aromatic rings. The van der Waals surface area contributed by atoms with Gasteiger partial charge in [-0.1, -0.05) is 0 Å². The lowest BCUT2D eigenvalue weighted by Gasteiger charge is -2.41. The Morgan fingerprint density at radius 3 is 2.74 bits per heavy atom. The molecule has 126 valence electrons. The van der Waals surface area contributed by atoms with Crippen LogP contribution in [0.25, 0.3) is 0 Å². The molecule has 23 heavy (non-hydrogen) atoms. The Labute approximate surface area is 137 Å². The highest BCUT2D eigenvalue weighted by atomic mass is 32.2. The normalized spacial score (nSPS) is 21.8. The van der Waals surface area contributed by atoms with Gasteiger partial charge in [-0.2, -0.15) is 9.57 Å². The van der Waals surface area contributed by atoms with Crippen LogP contribution in [0.4, 0.5) is 0 Å². The Bertz CT molecular complexity index is 722. The van der Waals surface area contributed by atoms with Crippen LogP contribution in [0.5, 0.6) is 0 Å². The van der Waals surface area contributed by atoms with Crippen LogP contribution in [0.1, 0.15) is 25.0 Å². The number of nitrogens with zero attached hydrogens (tertiary/aromatic N) is 2. The summed E-state index contributed by atoms with van der Waals surface area (Å²) in [5, 5.41) is 8.98. The number of rotatable bonds is 4. The van der Waals surface area contributed by atoms with Gasteiger partial charge in [-0.25, -0.2) is 8.42 Å². The molecule has 0 aromatic heterocycles. The molecule has 0 saturated carbocycles. The molecule has 1 aliphatic heterocycles. The topological polar surface area (TPSA) is 79.6 Å². The van der Waals surface area contributed by atoms with E-state index in [0.717, 1.165) is 0 Å². The van der Waals surface area contributed by atoms with E-state index >= 15 is 0 Å². The van der Waals surface area contributed by atoms with Crippen molar-refractivity contribution >= 4 is 10.0 Å². The second kappa shape index (κ2) is 6.57. The maximum atomic E-state index is 12.9. The number of hydrogen-bond acceptors (Lipinski definition) is 5. The van der Waals surface area contributed by atoms with E-state index in [1.807, 2.05) is 19.9 Å². The van der Waals surface area contributed by atoms with E-state index in [-0.39, 0.29) is 24.1 Å². The Balaban J connectivity index is 2.34. The number of nitriles is 1. The van der Waals surface area contributed by atoms with Gasteiger partial charge >= 0.3 is 0 Å². The molecule has 0 N–H and O–H groups in total. The molecule has 0 amide bonds. The minimum atomic E-state index is -3.64. The predicted octanol–water partition coefficient (Wildman–Crippen LogP) is 1.68. The van der Waals surface area contributed by atoms with Crippen LogP contribution in [0, 0.1) is 18.3 Å². The van der Waals surface area contributed by atoms with Gasteiger partial charge in [0.05, 0.1) is 34.8 Å². The lowest BCUT2D eigenvalue weighted by atomic mass is 10.1. The van der Waals surface area contributed by atoms with E-state index in [0.29, 0.717) is 17.7 Å². The number of aryl methyl sites for hydroxylation is 1. The van der Waals surface area contributed by atoms with Crippen molar-refractivity contribution in [2.75, 3.05) is 26.8 Å². The van der Waals surface area contributed by atoms with Gasteiger partial charge in [0.2, 0.25) is 10.0 Å². The molecular formula is C16H22N2O4S. The van der Waals surface area contributed by atoms with E-state index < -0.39 is 15.6 Å². The van der Waals surface area contributed by atoms with Crippen molar-refractivity contribution in [3.8, 4) is 6.07 Å². The molecule has 0 aliphatic carbocycles. The summed E-state index contributed by atoms with van der Waals surface area (Å²) in [6, 6.07) is 6.61. The van der Waals surface area contributed by atoms with Gasteiger partial charge in [-0.15, -0.1) is 0 Å². The summed E-state index contributed by atoms with van der Waals surface area (Å²) in [5.74, 6) is 0. The molecule has 1 aliphatic rings. The fourth-order valence-electron chi connectivity index (χ4n) is 2.77. The van der Waals surface area contributed by atoms with Crippen LogP contribution < -0.4 is 0 Å². The van der Waals surface area contributed by atoms with Gasteiger partial charge < -0.3 is 9.47 Å². The van der Waals surface area contributed by atoms with E-state index in [2.05, 4.69) is 0 Å². The number of methoxy groups -OCH3 is 1. The first kappa shape index (κ1) is 17.9. The zero-order valence-electron chi connectivity index (χ0n) is 13.9. The summed E-state index contributed by atoms with van der Waals surface area (Å²) in [7, 11) is -2.08. The zero-order valence-corrected chi connectivity index (χ0v) is 14.7. The summed E-state index contributed by atoms with van der Waals surface area (Å²) in [6.45, 7) is 6.31. The maximum Gasteiger partial charge on any atom is 0.243 e. The largest absolute Gasteiger partial charge is 0.382 e. The first-order valence-electron chi connectivity index (χ1n) is 7.37. The van der Waals surface area contributed by atoms with Crippen molar-refractivity contribution in [2.45, 2.75) is 37.4 Å². The van der Waals surface area contributed by atoms with Crippen LogP contribution in [-0.2, 0) is 19.5 Å². The maximum absolute atomic E-state index is 12.9. The van der Waals surface area contributed by atoms with E-state index in [4.69, 9.17) is 14.7 Å². The van der Waals surface area contributed by atoms with Crippen LogP contribution in [0.15, 0.2) is 23.1 Å². The fourth-order valence-corrected chi connectivity index (χ4v) is 4.48. The first-order valence-corrected chi connectivity index (χ1v) is 8.81. The number of hydrogen-bond donors (Lipinski definition) is 0. The van der Waals surface area contributed by atoms with Crippen molar-refractivity contribution in [2.24, 2.45) is 0 Å². The van der Waals surface area contributed by atoms with E-state index in [1.54, 1.807) is 26.2 Å². The molecule has 1 saturated heterocycles. The molecule has 6 nitrogen and oxygen atoms in total. The average Bonchev–Trinajstić information content (AvgIpc) is 2.45. The SMILES string of the molecule is COC[C@H]1CN(S(=O)(=O)c2ccc(C#N)c(C)c2)CC(C)(C)O1. The number of sulfonamides is 1. The Morgan fingerprint density at radius 2 is 2.17 bits per heavy atom. The standard InChI is InChI=1S/C16H22N2O4S/c1-12-7-15(6-5-13(12)8-17)23(19,20)18-9-14(10-21-4)22-16(2,3)11-18/h5-7,14H,9-11H2,1-4H3/t14-/m1/s1. The summed E-state index contributed by atoms with van der Waals surface area (Å²) in [4.78, 5) is 0.197. The molecule has 0 bridgehead atoms. The van der Waals surface area contributed by atoms with Crippen molar-refractivity contribution in [3.63, 3.8) is 0 Å². The van der Waals surface area contributed by atoms with Crippen molar-refractivity contribution in [1.29, 1.82) is 5.26 Å². The third kappa shape index (κ3) is 3.90. The van der Waals surface area contributed by atoms with Gasteiger partial charge in [0, 0.05) is 20.2 Å². The summed E-state index contributed by atoms with van der Waals surface area (Å²) < 4.78 is 38.2. The predicted molar refractivity (Wildman–Crippen MR) is 85.5 cm³/mol. The van der Waals surface area contributed by atoms with Crippen molar-refractivity contribution in [3.05, 3.63) is 29.3 Å². The van der Waals surface area contributed by atoms with Crippen molar-refractivity contribution < 1.29 is 17.9 Å². The summed E-state index contributed by atoms with van der Waals surface area (Å²) in [5.41, 5.74) is 0.536. The molecular weight excluding hydrogens is 316 g/mol. The van der Waals surface area contributed by atoms with Crippen LogP contribution in [-0.4, -0.2) is 51.2 Å². The summed E-state index contributed by atoms with van der Waals surface area (Å²) in [6.07, 6.45) is -0.307. The lowest BCUT2D eigenvalue weighted by molar-refractivity contribution is -0.135. The van der Waals surface area contributed by atoms with Crippen LogP contribution in [0.2, 0.25) is 0 Å². The number of ether oxygens (including phenoxy) is 2. The van der Waals surface area contributed by atoms with E-state index in [9.17, 15) is 8.42 Å². The molecule has 0 radical (unpaired) electrons. The third-order valence-corrected chi connectivity index (χ3v) is 5.57. The quantitative estimate of drug-likeness (QED) is 0.834. The zero-order chi connectivity index (χ0) is 17.3. The van der Waals surface area contributed by atoms with Crippen molar-refractivity contribution in [1.82, 2.24) is 4.31 Å². The summed E-state index contributed by atoms with van der Waals surface area (Å²) >= 11 is 0. The fraction of sp³-hybridized carbons (Fsp3) is 0.562.